The van der Waals surface area contributed by atoms with E-state index in [1.165, 1.54) is 0 Å². The normalized spacial score (nSPS) is 14.8. The van der Waals surface area contributed by atoms with Crippen molar-refractivity contribution in [1.82, 2.24) is 20.9 Å². The summed E-state index contributed by atoms with van der Waals surface area (Å²) in [5.74, 6) is -3.20. The maximum Gasteiger partial charge on any atom is 0.322 e. The van der Waals surface area contributed by atoms with E-state index in [0.29, 0.717) is 6.42 Å². The number of carbonyl (C=O) groups excluding carboxylic acids is 3. The number of fused-ring (bicyclic) bond motifs is 1. The van der Waals surface area contributed by atoms with Crippen LogP contribution in [0.1, 0.15) is 39.7 Å². The molecule has 1 aromatic carbocycles. The zero-order chi connectivity index (χ0) is 25.4. The second-order valence-corrected chi connectivity index (χ2v) is 8.88. The van der Waals surface area contributed by atoms with Crippen LogP contribution in [0, 0.1) is 11.8 Å². The van der Waals surface area contributed by atoms with Crippen LogP contribution in [0.25, 0.3) is 10.9 Å². The Morgan fingerprint density at radius 3 is 2.32 bits per heavy atom. The van der Waals surface area contributed by atoms with Crippen molar-refractivity contribution in [3.8, 4) is 0 Å². The van der Waals surface area contributed by atoms with E-state index in [1.54, 1.807) is 13.1 Å². The molecule has 0 spiro atoms. The number of carboxylic acids is 1. The predicted molar refractivity (Wildman–Crippen MR) is 129 cm³/mol. The number of hydrogen-bond acceptors (Lipinski definition) is 5. The highest BCUT2D eigenvalue weighted by molar-refractivity contribution is 5.94. The molecule has 2 rings (SSSR count). The third-order valence-corrected chi connectivity index (χ3v) is 5.96. The predicted octanol–water partition coefficient (Wildman–Crippen LogP) is 0.910. The van der Waals surface area contributed by atoms with Crippen LogP contribution in [0.5, 0.6) is 0 Å². The van der Waals surface area contributed by atoms with Crippen molar-refractivity contribution in [2.75, 3.05) is 6.54 Å². The summed E-state index contributed by atoms with van der Waals surface area (Å²) < 4.78 is 0. The summed E-state index contributed by atoms with van der Waals surface area (Å²) in [4.78, 5) is 52.7. The molecule has 4 atom stereocenters. The molecule has 3 amide bonds. The summed E-state index contributed by atoms with van der Waals surface area (Å²) in [5.41, 5.74) is 7.71. The van der Waals surface area contributed by atoms with Crippen molar-refractivity contribution in [1.29, 1.82) is 0 Å². The van der Waals surface area contributed by atoms with E-state index in [9.17, 15) is 19.2 Å². The second kappa shape index (κ2) is 12.2. The van der Waals surface area contributed by atoms with E-state index in [1.807, 2.05) is 45.0 Å². The molecule has 0 unspecified atom stereocenters. The first kappa shape index (κ1) is 26.8. The number of carboxylic acid groups (broad SMARTS) is 1. The van der Waals surface area contributed by atoms with Gasteiger partial charge in [0, 0.05) is 23.5 Å². The zero-order valence-electron chi connectivity index (χ0n) is 20.1. The zero-order valence-corrected chi connectivity index (χ0v) is 20.1. The minimum absolute atomic E-state index is 0.133. The highest BCUT2D eigenvalue weighted by atomic mass is 16.4. The molecular weight excluding hydrogens is 438 g/mol. The molecule has 1 aromatic heterocycles. The van der Waals surface area contributed by atoms with Crippen LogP contribution in [0.15, 0.2) is 30.5 Å². The first-order valence-electron chi connectivity index (χ1n) is 11.5. The van der Waals surface area contributed by atoms with Crippen LogP contribution >= 0.6 is 0 Å². The first-order valence-corrected chi connectivity index (χ1v) is 11.5. The Morgan fingerprint density at radius 2 is 1.71 bits per heavy atom. The molecule has 0 saturated carbocycles. The van der Waals surface area contributed by atoms with Gasteiger partial charge in [0.25, 0.3) is 0 Å². The average Bonchev–Trinajstić information content (AvgIpc) is 3.21. The molecule has 0 radical (unpaired) electrons. The Kier molecular flexibility index (Phi) is 9.61. The van der Waals surface area contributed by atoms with E-state index in [2.05, 4.69) is 20.9 Å². The summed E-state index contributed by atoms with van der Waals surface area (Å²) in [6, 6.07) is 4.85. The Morgan fingerprint density at radius 1 is 1.03 bits per heavy atom. The Hall–Kier alpha value is -3.40. The lowest BCUT2D eigenvalue weighted by molar-refractivity contribution is -0.139. The largest absolute Gasteiger partial charge is 0.480 e. The lowest BCUT2D eigenvalue weighted by Gasteiger charge is -2.27. The van der Waals surface area contributed by atoms with Crippen LogP contribution in [0.3, 0.4) is 0 Å². The number of aromatic amines is 1. The molecule has 34 heavy (non-hydrogen) atoms. The Labute approximate surface area is 199 Å². The van der Waals surface area contributed by atoms with Gasteiger partial charge in [-0.1, -0.05) is 52.3 Å². The van der Waals surface area contributed by atoms with Gasteiger partial charge < -0.3 is 31.8 Å². The third kappa shape index (κ3) is 7.05. The average molecular weight is 474 g/mol. The fraction of sp³-hybridized carbons (Fsp3) is 0.500. The van der Waals surface area contributed by atoms with Crippen molar-refractivity contribution in [2.24, 2.45) is 17.6 Å². The van der Waals surface area contributed by atoms with Gasteiger partial charge in [-0.05, 0) is 23.5 Å². The van der Waals surface area contributed by atoms with Gasteiger partial charge in [0.15, 0.2) is 0 Å². The maximum absolute atomic E-state index is 13.3. The SMILES string of the molecule is CC[C@H](C)[C@H](NC(=O)[C@H](Cc1c[nH]c2ccccc12)NC(=O)[C@@H](N)C(C)C)C(=O)NCC(=O)O. The Balaban J connectivity index is 2.29. The summed E-state index contributed by atoms with van der Waals surface area (Å²) in [5, 5.41) is 17.6. The van der Waals surface area contributed by atoms with Gasteiger partial charge in [-0.2, -0.15) is 0 Å². The number of amides is 3. The van der Waals surface area contributed by atoms with Crippen molar-refractivity contribution >= 4 is 34.6 Å². The number of H-pyrrole nitrogens is 1. The monoisotopic (exact) mass is 473 g/mol. The van der Waals surface area contributed by atoms with Crippen LogP contribution in [0.2, 0.25) is 0 Å². The number of aromatic nitrogens is 1. The van der Waals surface area contributed by atoms with E-state index in [0.717, 1.165) is 16.5 Å². The Bertz CT molecular complexity index is 1020. The molecule has 186 valence electrons. The molecule has 0 fully saturated rings. The third-order valence-electron chi connectivity index (χ3n) is 5.96. The summed E-state index contributed by atoms with van der Waals surface area (Å²) >= 11 is 0. The van der Waals surface area contributed by atoms with E-state index >= 15 is 0 Å². The minimum Gasteiger partial charge on any atom is -0.480 e. The number of nitrogens with one attached hydrogen (secondary N) is 4. The summed E-state index contributed by atoms with van der Waals surface area (Å²) in [6.45, 7) is 6.71. The highest BCUT2D eigenvalue weighted by Crippen LogP contribution is 2.19. The van der Waals surface area contributed by atoms with Crippen LogP contribution in [0.4, 0.5) is 0 Å². The summed E-state index contributed by atoms with van der Waals surface area (Å²) in [7, 11) is 0. The lowest BCUT2D eigenvalue weighted by atomic mass is 9.96. The van der Waals surface area contributed by atoms with Gasteiger partial charge in [0.05, 0.1) is 6.04 Å². The first-order chi connectivity index (χ1) is 16.0. The second-order valence-electron chi connectivity index (χ2n) is 8.88. The molecule has 10 nitrogen and oxygen atoms in total. The topological polar surface area (TPSA) is 166 Å². The van der Waals surface area contributed by atoms with Crippen molar-refractivity contribution in [3.05, 3.63) is 36.0 Å². The maximum atomic E-state index is 13.3. The molecule has 10 heteroatoms. The standard InChI is InChI=1S/C24H35N5O5/c1-5-14(4)21(24(34)27-12-19(30)31)29-22(32)18(28-23(33)20(25)13(2)3)10-15-11-26-17-9-7-6-8-16(15)17/h6-9,11,13-14,18,20-21,26H,5,10,12,25H2,1-4H3,(H,27,34)(H,28,33)(H,29,32)(H,30,31)/t14-,18-,20-,21-/m0/s1. The van der Waals surface area contributed by atoms with Crippen LogP contribution in [-0.4, -0.2) is 58.5 Å². The van der Waals surface area contributed by atoms with E-state index < -0.39 is 48.4 Å². The van der Waals surface area contributed by atoms with Gasteiger partial charge in [0.1, 0.15) is 18.6 Å². The fourth-order valence-corrected chi connectivity index (χ4v) is 3.53. The van der Waals surface area contributed by atoms with Gasteiger partial charge >= 0.3 is 5.97 Å². The van der Waals surface area contributed by atoms with Crippen molar-refractivity contribution < 1.29 is 24.3 Å². The molecule has 0 aliphatic heterocycles. The highest BCUT2D eigenvalue weighted by Gasteiger charge is 2.31. The van der Waals surface area contributed by atoms with Crippen LogP contribution < -0.4 is 21.7 Å². The smallest absolute Gasteiger partial charge is 0.322 e. The van der Waals surface area contributed by atoms with Gasteiger partial charge in [-0.3, -0.25) is 19.2 Å². The van der Waals surface area contributed by atoms with Crippen molar-refractivity contribution in [2.45, 2.75) is 58.7 Å². The van der Waals surface area contributed by atoms with Gasteiger partial charge in [-0.15, -0.1) is 0 Å². The molecule has 0 aliphatic rings. The summed E-state index contributed by atoms with van der Waals surface area (Å²) in [6.07, 6.45) is 2.53. The quantitative estimate of drug-likeness (QED) is 0.268. The van der Waals surface area contributed by atoms with Gasteiger partial charge in [-0.25, -0.2) is 0 Å². The number of para-hydroxylation sites is 1. The molecule has 2 aromatic rings. The molecule has 0 bridgehead atoms. The lowest BCUT2D eigenvalue weighted by Crippen LogP contribution is -2.58. The number of rotatable bonds is 12. The van der Waals surface area contributed by atoms with Crippen LogP contribution in [-0.2, 0) is 25.6 Å². The van der Waals surface area contributed by atoms with Crippen molar-refractivity contribution in [3.63, 3.8) is 0 Å². The van der Waals surface area contributed by atoms with E-state index in [-0.39, 0.29) is 18.3 Å². The number of benzene rings is 1. The number of carbonyl (C=O) groups is 4. The minimum atomic E-state index is -1.19. The van der Waals surface area contributed by atoms with Gasteiger partial charge in [0.2, 0.25) is 17.7 Å². The molecule has 0 aliphatic carbocycles. The molecular formula is C24H35N5O5. The number of aliphatic carboxylic acids is 1. The molecule has 7 N–H and O–H groups in total. The number of nitrogens with two attached hydrogens (primary N) is 1. The number of hydrogen-bond donors (Lipinski definition) is 6. The fourth-order valence-electron chi connectivity index (χ4n) is 3.53. The molecule has 1 heterocycles. The molecule has 0 saturated heterocycles. The van der Waals surface area contributed by atoms with E-state index in [4.69, 9.17) is 10.8 Å².